The van der Waals surface area contributed by atoms with E-state index in [0.717, 1.165) is 53.4 Å². The summed E-state index contributed by atoms with van der Waals surface area (Å²) in [7, 11) is 1.63. The van der Waals surface area contributed by atoms with Gasteiger partial charge in [-0.2, -0.15) is 0 Å². The van der Waals surface area contributed by atoms with Crippen molar-refractivity contribution in [2.24, 2.45) is 0 Å². The number of H-pyrrole nitrogens is 1. The molecule has 0 bridgehead atoms. The molecule has 1 fully saturated rings. The Balaban J connectivity index is 1.28. The second kappa shape index (κ2) is 12.7. The number of carbonyl (C=O) groups excluding carboxylic acids is 1. The maximum atomic E-state index is 14.3. The highest BCUT2D eigenvalue weighted by molar-refractivity contribution is 7.14. The Labute approximate surface area is 265 Å². The van der Waals surface area contributed by atoms with E-state index in [-0.39, 0.29) is 17.0 Å². The predicted molar refractivity (Wildman–Crippen MR) is 177 cm³/mol. The molecule has 1 atom stereocenters. The van der Waals surface area contributed by atoms with Gasteiger partial charge in [-0.25, -0.2) is 4.98 Å². The maximum Gasteiger partial charge on any atom is 0.269 e. The number of pyridine rings is 1. The zero-order valence-corrected chi connectivity index (χ0v) is 26.2. The average Bonchev–Trinajstić information content (AvgIpc) is 3.71. The van der Waals surface area contributed by atoms with E-state index in [1.54, 1.807) is 25.4 Å². The number of anilines is 1. The number of hydrogen-bond donors (Lipinski definition) is 3. The molecule has 232 valence electrons. The second-order valence-corrected chi connectivity index (χ2v) is 12.8. The molecule has 0 aliphatic heterocycles. The van der Waals surface area contributed by atoms with E-state index in [9.17, 15) is 14.9 Å². The van der Waals surface area contributed by atoms with Crippen LogP contribution in [0.5, 0.6) is 5.75 Å². The van der Waals surface area contributed by atoms with Crippen LogP contribution >= 0.6 is 11.3 Å². The molecule has 0 spiro atoms. The van der Waals surface area contributed by atoms with E-state index in [1.807, 2.05) is 48.8 Å². The van der Waals surface area contributed by atoms with Gasteiger partial charge in [-0.05, 0) is 55.7 Å². The number of hydrogen-bond acceptors (Lipinski definition) is 8. The quantitative estimate of drug-likeness (QED) is 0.106. The molecule has 5 aromatic rings. The molecule has 1 amide bonds. The topological polar surface area (TPSA) is 135 Å². The van der Waals surface area contributed by atoms with Gasteiger partial charge in [-0.15, -0.1) is 11.3 Å². The fourth-order valence-corrected chi connectivity index (χ4v) is 7.15. The number of ether oxygens (including phenoxy) is 1. The van der Waals surface area contributed by atoms with Gasteiger partial charge in [0.15, 0.2) is 5.13 Å². The molecular formula is C34H36N6O4S. The van der Waals surface area contributed by atoms with Gasteiger partial charge in [0.2, 0.25) is 5.91 Å². The van der Waals surface area contributed by atoms with Gasteiger partial charge in [0.1, 0.15) is 11.3 Å². The van der Waals surface area contributed by atoms with Crippen molar-refractivity contribution in [3.05, 3.63) is 99.8 Å². The summed E-state index contributed by atoms with van der Waals surface area (Å²) in [4.78, 5) is 37.8. The van der Waals surface area contributed by atoms with Crippen molar-refractivity contribution in [2.45, 2.75) is 56.4 Å². The number of fused-ring (bicyclic) bond motifs is 1. The Hall–Kier alpha value is -4.77. The van der Waals surface area contributed by atoms with Crippen molar-refractivity contribution < 1.29 is 14.5 Å². The first-order chi connectivity index (χ1) is 21.8. The van der Waals surface area contributed by atoms with Crippen molar-refractivity contribution in [1.29, 1.82) is 0 Å². The van der Waals surface area contributed by atoms with Crippen LogP contribution < -0.4 is 15.4 Å². The highest BCUT2D eigenvalue weighted by Gasteiger charge is 2.40. The zero-order chi connectivity index (χ0) is 31.4. The molecule has 3 heterocycles. The average molecular weight is 625 g/mol. The largest absolute Gasteiger partial charge is 0.495 e. The molecule has 0 unspecified atom stereocenters. The van der Waals surface area contributed by atoms with Crippen LogP contribution in [0.3, 0.4) is 0 Å². The number of carbonyl (C=O) groups is 1. The van der Waals surface area contributed by atoms with Crippen molar-refractivity contribution in [2.75, 3.05) is 19.0 Å². The first kappa shape index (κ1) is 30.3. The summed E-state index contributed by atoms with van der Waals surface area (Å²) in [6, 6.07) is 18.3. The van der Waals surface area contributed by atoms with Crippen molar-refractivity contribution >= 4 is 39.0 Å². The number of benzene rings is 2. The standard InChI is InChI=1S/C34H36N6O4S/c1-33(18-24-19-35-28-9-5-4-8-27(24)28,39-32-38-29(21-45-32)23-10-12-25(13-11-23)40(42)43)31(41)37-22-34(16-6-3-7-17-34)30-15-14-26(44-2)20-36-30/h4-5,8-15,19-21,35H,3,6-7,16-18,22H2,1-2H3,(H,37,41)(H,38,39)/t33-/m0/s1. The molecule has 1 aliphatic rings. The fraction of sp³-hybridized carbons (Fsp3) is 0.324. The molecule has 1 saturated carbocycles. The first-order valence-electron chi connectivity index (χ1n) is 15.1. The molecular weight excluding hydrogens is 588 g/mol. The number of methoxy groups -OCH3 is 1. The molecule has 0 saturated heterocycles. The number of amides is 1. The summed E-state index contributed by atoms with van der Waals surface area (Å²) >= 11 is 1.40. The lowest BCUT2D eigenvalue weighted by molar-refractivity contribution is -0.384. The zero-order valence-electron chi connectivity index (χ0n) is 25.3. The summed E-state index contributed by atoms with van der Waals surface area (Å²) in [6.07, 6.45) is 9.37. The number of para-hydroxylation sites is 1. The fourth-order valence-electron chi connectivity index (χ4n) is 6.31. The third-order valence-corrected chi connectivity index (χ3v) is 9.65. The monoisotopic (exact) mass is 624 g/mol. The molecule has 10 nitrogen and oxygen atoms in total. The number of aromatic amines is 1. The minimum Gasteiger partial charge on any atom is -0.495 e. The Morgan fingerprint density at radius 1 is 1.11 bits per heavy atom. The van der Waals surface area contributed by atoms with E-state index in [2.05, 4.69) is 21.7 Å². The minimum atomic E-state index is -1.04. The number of nitrogens with one attached hydrogen (secondary N) is 3. The highest BCUT2D eigenvalue weighted by atomic mass is 32.1. The lowest BCUT2D eigenvalue weighted by Crippen LogP contribution is -2.55. The van der Waals surface area contributed by atoms with Gasteiger partial charge in [-0.3, -0.25) is 19.9 Å². The number of nitro groups is 1. The lowest BCUT2D eigenvalue weighted by Gasteiger charge is -2.38. The Kier molecular flexibility index (Phi) is 8.53. The molecule has 1 aliphatic carbocycles. The summed E-state index contributed by atoms with van der Waals surface area (Å²) in [5, 5.41) is 21.4. The Morgan fingerprint density at radius 3 is 2.60 bits per heavy atom. The highest BCUT2D eigenvalue weighted by Crippen LogP contribution is 2.39. The van der Waals surface area contributed by atoms with Gasteiger partial charge in [0.25, 0.3) is 5.69 Å². The number of aromatic nitrogens is 3. The number of rotatable bonds is 11. The third kappa shape index (κ3) is 6.39. The number of nitro benzene ring substituents is 1. The third-order valence-electron chi connectivity index (χ3n) is 8.89. The number of nitrogens with zero attached hydrogens (tertiary/aromatic N) is 3. The van der Waals surface area contributed by atoms with Crippen LogP contribution in [0.4, 0.5) is 10.8 Å². The van der Waals surface area contributed by atoms with Crippen molar-refractivity contribution in [3.8, 4) is 17.0 Å². The summed E-state index contributed by atoms with van der Waals surface area (Å²) in [5.74, 6) is 0.583. The van der Waals surface area contributed by atoms with Crippen LogP contribution in [0.2, 0.25) is 0 Å². The van der Waals surface area contributed by atoms with E-state index < -0.39 is 10.5 Å². The Morgan fingerprint density at radius 2 is 1.89 bits per heavy atom. The minimum absolute atomic E-state index is 0.0240. The van der Waals surface area contributed by atoms with E-state index in [1.165, 1.54) is 29.9 Å². The van der Waals surface area contributed by atoms with Gasteiger partial charge in [0.05, 0.1) is 23.9 Å². The van der Waals surface area contributed by atoms with Crippen LogP contribution in [0.15, 0.2) is 78.4 Å². The first-order valence-corrected chi connectivity index (χ1v) is 16.0. The van der Waals surface area contributed by atoms with Crippen LogP contribution in [0.1, 0.15) is 50.3 Å². The van der Waals surface area contributed by atoms with Gasteiger partial charge in [0, 0.05) is 64.3 Å². The SMILES string of the molecule is COc1ccc(C2(CNC(=O)[C@](C)(Cc3c[nH]c4ccccc34)Nc3nc(-c4ccc([N+](=O)[O-])cc4)cs3)CCCCC2)nc1. The molecule has 3 N–H and O–H groups in total. The summed E-state index contributed by atoms with van der Waals surface area (Å²) < 4.78 is 5.34. The smallest absolute Gasteiger partial charge is 0.269 e. The van der Waals surface area contributed by atoms with Gasteiger partial charge >= 0.3 is 0 Å². The molecule has 3 aromatic heterocycles. The van der Waals surface area contributed by atoms with E-state index in [0.29, 0.717) is 29.5 Å². The van der Waals surface area contributed by atoms with Crippen LogP contribution in [-0.2, 0) is 16.6 Å². The second-order valence-electron chi connectivity index (χ2n) is 11.9. The molecule has 45 heavy (non-hydrogen) atoms. The molecule has 6 rings (SSSR count). The van der Waals surface area contributed by atoms with Gasteiger partial charge in [-0.1, -0.05) is 37.5 Å². The Bertz CT molecular complexity index is 1790. The van der Waals surface area contributed by atoms with E-state index >= 15 is 0 Å². The normalized spacial score (nSPS) is 15.7. The van der Waals surface area contributed by atoms with Crippen LogP contribution in [0.25, 0.3) is 22.2 Å². The van der Waals surface area contributed by atoms with Crippen LogP contribution in [0, 0.1) is 10.1 Å². The van der Waals surface area contributed by atoms with Crippen LogP contribution in [-0.4, -0.2) is 45.0 Å². The van der Waals surface area contributed by atoms with Crippen molar-refractivity contribution in [1.82, 2.24) is 20.3 Å². The maximum absolute atomic E-state index is 14.3. The number of non-ortho nitro benzene ring substituents is 1. The van der Waals surface area contributed by atoms with Gasteiger partial charge < -0.3 is 20.4 Å². The molecule has 2 aromatic carbocycles. The molecule has 0 radical (unpaired) electrons. The number of thiazole rings is 1. The lowest BCUT2D eigenvalue weighted by atomic mass is 9.71. The summed E-state index contributed by atoms with van der Waals surface area (Å²) in [6.45, 7) is 2.39. The van der Waals surface area contributed by atoms with E-state index in [4.69, 9.17) is 14.7 Å². The van der Waals surface area contributed by atoms with Crippen molar-refractivity contribution in [3.63, 3.8) is 0 Å². The molecule has 11 heteroatoms. The predicted octanol–water partition coefficient (Wildman–Crippen LogP) is 7.03. The summed E-state index contributed by atoms with van der Waals surface area (Å²) in [5.41, 5.74) is 3.17.